The Balaban J connectivity index is 0.997. The molecule has 0 spiro atoms. The molecule has 61 heavy (non-hydrogen) atoms. The highest BCUT2D eigenvalue weighted by Gasteiger charge is 2.20. The van der Waals surface area contributed by atoms with Crippen molar-refractivity contribution in [2.24, 2.45) is 0 Å². The minimum atomic E-state index is 1.11. The monoisotopic (exact) mass is 811 g/mol. The van der Waals surface area contributed by atoms with Crippen LogP contribution in [0.25, 0.3) is 95.6 Å². The number of nitrogens with zero attached hydrogens (tertiary/aromatic N) is 1. The Hall–Kier alpha value is -7.30. The third-order valence-corrected chi connectivity index (χ3v) is 14.5. The summed E-state index contributed by atoms with van der Waals surface area (Å²) in [5, 5.41) is 7.71. The van der Waals surface area contributed by atoms with Crippen LogP contribution in [0, 0.1) is 0 Å². The fourth-order valence-electron chi connectivity index (χ4n) is 9.17. The molecule has 1 nitrogen and oxygen atoms in total. The Labute approximate surface area is 362 Å². The van der Waals surface area contributed by atoms with Crippen molar-refractivity contribution in [3.63, 3.8) is 0 Å². The van der Waals surface area contributed by atoms with Gasteiger partial charge in [-0.1, -0.05) is 176 Å². The standard InChI is InChI=1S/C58H37NS2/c1-3-13-39(14-4-1)45-34-35-46(49-18-8-7-17-48(45)49)41-27-32-44(33-28-41)59(43-30-25-38(26-31-43)42-29-36-56-53(37-42)50-19-9-10-24-55(50)60-56)54-23-12-22-52-51-21-11-20-47(57(51)61-58(52)54)40-15-5-2-6-16-40/h1-37H. The smallest absolute Gasteiger partial charge is 0.0640 e. The van der Waals surface area contributed by atoms with Crippen LogP contribution in [0.2, 0.25) is 0 Å². The van der Waals surface area contributed by atoms with Crippen LogP contribution in [0.5, 0.6) is 0 Å². The van der Waals surface area contributed by atoms with Crippen molar-refractivity contribution in [2.75, 3.05) is 4.90 Å². The molecule has 286 valence electrons. The van der Waals surface area contributed by atoms with Crippen LogP contribution >= 0.6 is 22.7 Å². The van der Waals surface area contributed by atoms with E-state index < -0.39 is 0 Å². The quantitative estimate of drug-likeness (QED) is 0.155. The average Bonchev–Trinajstić information content (AvgIpc) is 3.91. The van der Waals surface area contributed by atoms with Gasteiger partial charge in [0.05, 0.1) is 10.4 Å². The molecule has 0 aliphatic rings. The van der Waals surface area contributed by atoms with Crippen LogP contribution in [0.15, 0.2) is 224 Å². The largest absolute Gasteiger partial charge is 0.309 e. The lowest BCUT2D eigenvalue weighted by Crippen LogP contribution is -2.10. The minimum Gasteiger partial charge on any atom is -0.309 e. The van der Waals surface area contributed by atoms with E-state index in [2.05, 4.69) is 229 Å². The molecule has 0 radical (unpaired) electrons. The first-order valence-corrected chi connectivity index (χ1v) is 22.4. The summed E-state index contributed by atoms with van der Waals surface area (Å²) < 4.78 is 5.23. The predicted octanol–water partition coefficient (Wildman–Crippen LogP) is 17.7. The lowest BCUT2D eigenvalue weighted by atomic mass is 9.92. The summed E-state index contributed by atoms with van der Waals surface area (Å²) in [6.45, 7) is 0. The molecule has 0 aliphatic carbocycles. The van der Waals surface area contributed by atoms with Crippen LogP contribution in [0.1, 0.15) is 0 Å². The minimum absolute atomic E-state index is 1.11. The van der Waals surface area contributed by atoms with Crippen molar-refractivity contribution in [3.8, 4) is 44.5 Å². The molecule has 2 heterocycles. The van der Waals surface area contributed by atoms with Crippen LogP contribution in [0.4, 0.5) is 17.1 Å². The Morgan fingerprint density at radius 1 is 0.262 bits per heavy atom. The Morgan fingerprint density at radius 3 is 1.43 bits per heavy atom. The Bertz CT molecular complexity index is 3560. The van der Waals surface area contributed by atoms with Crippen molar-refractivity contribution >= 4 is 90.9 Å². The Morgan fingerprint density at radius 2 is 0.754 bits per heavy atom. The summed E-state index contributed by atoms with van der Waals surface area (Å²) in [7, 11) is 0. The van der Waals surface area contributed by atoms with E-state index >= 15 is 0 Å². The Kier molecular flexibility index (Phi) is 8.62. The molecule has 0 N–H and O–H groups in total. The molecule has 0 atom stereocenters. The highest BCUT2D eigenvalue weighted by molar-refractivity contribution is 7.27. The van der Waals surface area contributed by atoms with E-state index in [1.807, 2.05) is 22.7 Å². The lowest BCUT2D eigenvalue weighted by Gasteiger charge is -2.26. The van der Waals surface area contributed by atoms with E-state index in [1.54, 1.807) is 0 Å². The lowest BCUT2D eigenvalue weighted by molar-refractivity contribution is 1.30. The van der Waals surface area contributed by atoms with Crippen molar-refractivity contribution in [3.05, 3.63) is 224 Å². The summed E-state index contributed by atoms with van der Waals surface area (Å²) in [6.07, 6.45) is 0. The maximum Gasteiger partial charge on any atom is 0.0640 e. The fraction of sp³-hybridized carbons (Fsp3) is 0. The topological polar surface area (TPSA) is 3.24 Å². The number of hydrogen-bond acceptors (Lipinski definition) is 3. The molecule has 0 fully saturated rings. The zero-order chi connectivity index (χ0) is 40.3. The molecule has 0 amide bonds. The maximum atomic E-state index is 2.44. The highest BCUT2D eigenvalue weighted by atomic mass is 32.1. The van der Waals surface area contributed by atoms with Crippen LogP contribution in [-0.4, -0.2) is 0 Å². The van der Waals surface area contributed by atoms with Gasteiger partial charge in [0, 0.05) is 47.0 Å². The van der Waals surface area contributed by atoms with E-state index in [4.69, 9.17) is 0 Å². The van der Waals surface area contributed by atoms with E-state index in [0.717, 1.165) is 11.4 Å². The summed E-state index contributed by atoms with van der Waals surface area (Å²) in [6, 6.07) is 82.3. The molecule has 0 unspecified atom stereocenters. The molecule has 10 aromatic carbocycles. The third kappa shape index (κ3) is 6.13. The van der Waals surface area contributed by atoms with Gasteiger partial charge in [0.25, 0.3) is 0 Å². The van der Waals surface area contributed by atoms with Gasteiger partial charge in [-0.2, -0.15) is 0 Å². The van der Waals surface area contributed by atoms with Gasteiger partial charge in [0.2, 0.25) is 0 Å². The van der Waals surface area contributed by atoms with Gasteiger partial charge >= 0.3 is 0 Å². The van der Waals surface area contributed by atoms with Crippen LogP contribution in [-0.2, 0) is 0 Å². The number of fused-ring (bicyclic) bond motifs is 7. The summed E-state index contributed by atoms with van der Waals surface area (Å²) in [5.41, 5.74) is 13.2. The van der Waals surface area contributed by atoms with Gasteiger partial charge in [-0.05, 0) is 104 Å². The van der Waals surface area contributed by atoms with E-state index in [-0.39, 0.29) is 0 Å². The second kappa shape index (κ2) is 14.8. The van der Waals surface area contributed by atoms with Gasteiger partial charge in [-0.3, -0.25) is 0 Å². The third-order valence-electron chi connectivity index (χ3n) is 12.1. The number of benzene rings is 10. The fourth-order valence-corrected chi connectivity index (χ4v) is 11.6. The molecule has 0 saturated carbocycles. The zero-order valence-electron chi connectivity index (χ0n) is 33.1. The molecular formula is C58H37NS2. The highest BCUT2D eigenvalue weighted by Crippen LogP contribution is 2.48. The van der Waals surface area contributed by atoms with Gasteiger partial charge in [-0.25, -0.2) is 0 Å². The van der Waals surface area contributed by atoms with Crippen molar-refractivity contribution in [2.45, 2.75) is 0 Å². The second-order valence-corrected chi connectivity index (χ2v) is 17.7. The number of anilines is 3. The zero-order valence-corrected chi connectivity index (χ0v) is 34.8. The van der Waals surface area contributed by atoms with E-state index in [9.17, 15) is 0 Å². The van der Waals surface area contributed by atoms with Crippen LogP contribution < -0.4 is 4.90 Å². The average molecular weight is 812 g/mol. The maximum absolute atomic E-state index is 2.44. The predicted molar refractivity (Wildman–Crippen MR) is 266 cm³/mol. The van der Waals surface area contributed by atoms with Crippen LogP contribution in [0.3, 0.4) is 0 Å². The summed E-state index contributed by atoms with van der Waals surface area (Å²) in [4.78, 5) is 2.44. The van der Waals surface area contributed by atoms with Gasteiger partial charge in [0.1, 0.15) is 0 Å². The molecule has 12 rings (SSSR count). The number of rotatable bonds is 7. The summed E-state index contributed by atoms with van der Waals surface area (Å²) in [5.74, 6) is 0. The molecule has 0 bridgehead atoms. The number of thiophene rings is 2. The number of hydrogen-bond donors (Lipinski definition) is 0. The van der Waals surface area contributed by atoms with Crippen molar-refractivity contribution in [1.29, 1.82) is 0 Å². The first kappa shape index (κ1) is 35.6. The molecular weight excluding hydrogens is 775 g/mol. The molecule has 3 heteroatoms. The normalized spacial score (nSPS) is 11.6. The van der Waals surface area contributed by atoms with Gasteiger partial charge in [-0.15, -0.1) is 22.7 Å². The van der Waals surface area contributed by atoms with Gasteiger partial charge in [0.15, 0.2) is 0 Å². The molecule has 2 aromatic heterocycles. The second-order valence-electron chi connectivity index (χ2n) is 15.6. The van der Waals surface area contributed by atoms with E-state index in [1.165, 1.54) is 101 Å². The first-order valence-electron chi connectivity index (χ1n) is 20.7. The summed E-state index contributed by atoms with van der Waals surface area (Å²) >= 11 is 3.75. The van der Waals surface area contributed by atoms with Crippen molar-refractivity contribution < 1.29 is 0 Å². The van der Waals surface area contributed by atoms with E-state index in [0.29, 0.717) is 0 Å². The van der Waals surface area contributed by atoms with Crippen molar-refractivity contribution in [1.82, 2.24) is 0 Å². The molecule has 0 saturated heterocycles. The van der Waals surface area contributed by atoms with Gasteiger partial charge < -0.3 is 4.90 Å². The molecule has 0 aliphatic heterocycles. The first-order chi connectivity index (χ1) is 30.2. The SMILES string of the molecule is c1ccc(-c2ccc(-c3ccc(N(c4ccc(-c5ccc6sc7ccccc7c6c5)cc4)c4cccc5c4sc4c(-c6ccccc6)cccc45)cc3)c3ccccc23)cc1. The molecule has 12 aromatic rings.